The second-order valence-electron chi connectivity index (χ2n) is 4.95. The molecule has 2 heterocycles. The molecule has 2 aliphatic heterocycles. The molecule has 3 heteroatoms. The molecule has 0 aromatic rings. The first-order chi connectivity index (χ1) is 7.29. The minimum atomic E-state index is 0.377. The maximum Gasteiger partial charge on any atom is 0.222 e. The highest BCUT2D eigenvalue weighted by atomic mass is 16.2. The number of carbonyl (C=O) groups is 1. The number of likely N-dealkylation sites (tertiary alicyclic amines) is 1. The topological polar surface area (TPSA) is 32.3 Å². The van der Waals surface area contributed by atoms with E-state index in [-0.39, 0.29) is 0 Å². The van der Waals surface area contributed by atoms with Crippen LogP contribution in [-0.2, 0) is 4.79 Å². The van der Waals surface area contributed by atoms with Crippen molar-refractivity contribution in [3.8, 4) is 0 Å². The van der Waals surface area contributed by atoms with Crippen molar-refractivity contribution in [1.29, 1.82) is 0 Å². The van der Waals surface area contributed by atoms with Gasteiger partial charge >= 0.3 is 0 Å². The number of hydrogen-bond acceptors (Lipinski definition) is 2. The minimum Gasteiger partial charge on any atom is -0.341 e. The lowest BCUT2D eigenvalue weighted by atomic mass is 10.0. The SMILES string of the molecule is CCCC1CC(=O)N(CC2CCCN2)C1. The first kappa shape index (κ1) is 10.9. The zero-order chi connectivity index (χ0) is 10.7. The largest absolute Gasteiger partial charge is 0.341 e. The average Bonchev–Trinajstić information content (AvgIpc) is 2.79. The van der Waals surface area contributed by atoms with Gasteiger partial charge < -0.3 is 10.2 Å². The molecule has 0 aliphatic carbocycles. The van der Waals surface area contributed by atoms with Crippen LogP contribution < -0.4 is 5.32 Å². The van der Waals surface area contributed by atoms with Crippen LogP contribution in [0.2, 0.25) is 0 Å². The average molecular weight is 210 g/mol. The summed E-state index contributed by atoms with van der Waals surface area (Å²) in [6.45, 7) is 5.28. The van der Waals surface area contributed by atoms with Gasteiger partial charge in [-0.3, -0.25) is 4.79 Å². The van der Waals surface area contributed by atoms with Crippen molar-refractivity contribution in [3.05, 3.63) is 0 Å². The zero-order valence-corrected chi connectivity index (χ0v) is 9.67. The Morgan fingerprint density at radius 1 is 1.53 bits per heavy atom. The molecule has 2 atom stereocenters. The lowest BCUT2D eigenvalue weighted by Gasteiger charge is -2.21. The van der Waals surface area contributed by atoms with Crippen molar-refractivity contribution in [1.82, 2.24) is 10.2 Å². The molecule has 0 aromatic heterocycles. The Morgan fingerprint density at radius 2 is 2.40 bits per heavy atom. The quantitative estimate of drug-likeness (QED) is 0.760. The fourth-order valence-corrected chi connectivity index (χ4v) is 2.81. The van der Waals surface area contributed by atoms with Crippen molar-refractivity contribution in [3.63, 3.8) is 0 Å². The molecule has 1 amide bonds. The first-order valence-electron chi connectivity index (χ1n) is 6.30. The number of amides is 1. The molecule has 2 saturated heterocycles. The Morgan fingerprint density at radius 3 is 3.07 bits per heavy atom. The van der Waals surface area contributed by atoms with Gasteiger partial charge in [0.1, 0.15) is 0 Å². The molecule has 2 unspecified atom stereocenters. The molecular weight excluding hydrogens is 188 g/mol. The number of nitrogens with one attached hydrogen (secondary N) is 1. The predicted molar refractivity (Wildman–Crippen MR) is 60.6 cm³/mol. The van der Waals surface area contributed by atoms with Gasteiger partial charge in [0.05, 0.1) is 0 Å². The van der Waals surface area contributed by atoms with Crippen LogP contribution in [0.3, 0.4) is 0 Å². The van der Waals surface area contributed by atoms with E-state index in [2.05, 4.69) is 17.1 Å². The minimum absolute atomic E-state index is 0.377. The standard InChI is InChI=1S/C12H22N2O/c1-2-4-10-7-12(15)14(8-10)9-11-5-3-6-13-11/h10-11,13H,2-9H2,1H3. The highest BCUT2D eigenvalue weighted by Crippen LogP contribution is 2.23. The van der Waals surface area contributed by atoms with Crippen LogP contribution in [0, 0.1) is 5.92 Å². The Bertz CT molecular complexity index is 224. The molecule has 3 nitrogen and oxygen atoms in total. The molecule has 2 rings (SSSR count). The molecule has 15 heavy (non-hydrogen) atoms. The molecule has 1 N–H and O–H groups in total. The maximum atomic E-state index is 11.7. The molecule has 0 aromatic carbocycles. The van der Waals surface area contributed by atoms with Crippen LogP contribution in [-0.4, -0.2) is 36.5 Å². The highest BCUT2D eigenvalue weighted by Gasteiger charge is 2.30. The summed E-state index contributed by atoms with van der Waals surface area (Å²) >= 11 is 0. The number of nitrogens with zero attached hydrogens (tertiary/aromatic N) is 1. The van der Waals surface area contributed by atoms with Crippen molar-refractivity contribution in [2.75, 3.05) is 19.6 Å². The summed E-state index contributed by atoms with van der Waals surface area (Å²) in [7, 11) is 0. The third kappa shape index (κ3) is 2.71. The zero-order valence-electron chi connectivity index (χ0n) is 9.67. The van der Waals surface area contributed by atoms with Crippen LogP contribution in [0.25, 0.3) is 0 Å². The molecular formula is C12H22N2O. The maximum absolute atomic E-state index is 11.7. The van der Waals surface area contributed by atoms with E-state index in [0.29, 0.717) is 17.9 Å². The lowest BCUT2D eigenvalue weighted by molar-refractivity contribution is -0.128. The van der Waals surface area contributed by atoms with Gasteiger partial charge in [-0.1, -0.05) is 13.3 Å². The molecule has 0 spiro atoms. The van der Waals surface area contributed by atoms with E-state index in [1.54, 1.807) is 0 Å². The summed E-state index contributed by atoms with van der Waals surface area (Å²) in [6.07, 6.45) is 5.71. The molecule has 2 fully saturated rings. The van der Waals surface area contributed by atoms with Gasteiger partial charge in [0, 0.05) is 25.6 Å². The number of rotatable bonds is 4. The van der Waals surface area contributed by atoms with Gasteiger partial charge in [-0.2, -0.15) is 0 Å². The number of hydrogen-bond donors (Lipinski definition) is 1. The second-order valence-corrected chi connectivity index (χ2v) is 4.95. The van der Waals surface area contributed by atoms with Gasteiger partial charge in [0.25, 0.3) is 0 Å². The van der Waals surface area contributed by atoms with Crippen molar-refractivity contribution >= 4 is 5.91 Å². The van der Waals surface area contributed by atoms with Gasteiger partial charge in [0.15, 0.2) is 0 Å². The van der Waals surface area contributed by atoms with Crippen LogP contribution in [0.15, 0.2) is 0 Å². The lowest BCUT2D eigenvalue weighted by Crippen LogP contribution is -2.38. The van der Waals surface area contributed by atoms with Crippen molar-refractivity contribution < 1.29 is 4.79 Å². The van der Waals surface area contributed by atoms with Crippen molar-refractivity contribution in [2.24, 2.45) is 5.92 Å². The fraction of sp³-hybridized carbons (Fsp3) is 0.917. The third-order valence-corrected chi connectivity index (χ3v) is 3.59. The second kappa shape index (κ2) is 4.97. The van der Waals surface area contributed by atoms with Crippen LogP contribution in [0.4, 0.5) is 0 Å². The van der Waals surface area contributed by atoms with Crippen LogP contribution >= 0.6 is 0 Å². The summed E-state index contributed by atoms with van der Waals surface area (Å²) in [6, 6.07) is 0.564. The Balaban J connectivity index is 1.79. The van der Waals surface area contributed by atoms with E-state index >= 15 is 0 Å². The summed E-state index contributed by atoms with van der Waals surface area (Å²) in [5, 5.41) is 3.46. The highest BCUT2D eigenvalue weighted by molar-refractivity contribution is 5.78. The first-order valence-corrected chi connectivity index (χ1v) is 6.30. The van der Waals surface area contributed by atoms with Gasteiger partial charge in [0.2, 0.25) is 5.91 Å². The van der Waals surface area contributed by atoms with Crippen LogP contribution in [0.1, 0.15) is 39.0 Å². The smallest absolute Gasteiger partial charge is 0.222 e. The summed E-state index contributed by atoms with van der Waals surface area (Å²) in [4.78, 5) is 13.8. The van der Waals surface area contributed by atoms with E-state index in [1.807, 2.05) is 0 Å². The summed E-state index contributed by atoms with van der Waals surface area (Å²) in [5.41, 5.74) is 0. The normalized spacial score (nSPS) is 31.5. The van der Waals surface area contributed by atoms with Gasteiger partial charge in [-0.25, -0.2) is 0 Å². The van der Waals surface area contributed by atoms with Gasteiger partial charge in [-0.05, 0) is 31.7 Å². The van der Waals surface area contributed by atoms with E-state index in [4.69, 9.17) is 0 Å². The van der Waals surface area contributed by atoms with E-state index in [1.165, 1.54) is 25.7 Å². The molecule has 0 radical (unpaired) electrons. The molecule has 0 saturated carbocycles. The molecule has 0 bridgehead atoms. The van der Waals surface area contributed by atoms with Gasteiger partial charge in [-0.15, -0.1) is 0 Å². The van der Waals surface area contributed by atoms with Crippen molar-refractivity contribution in [2.45, 2.75) is 45.1 Å². The van der Waals surface area contributed by atoms with E-state index < -0.39 is 0 Å². The molecule has 2 aliphatic rings. The van der Waals surface area contributed by atoms with Crippen LogP contribution in [0.5, 0.6) is 0 Å². The third-order valence-electron chi connectivity index (χ3n) is 3.59. The molecule has 86 valence electrons. The Labute approximate surface area is 92.2 Å². The van der Waals surface area contributed by atoms with E-state index in [0.717, 1.165) is 26.1 Å². The van der Waals surface area contributed by atoms with E-state index in [9.17, 15) is 4.79 Å². The Kier molecular flexibility index (Phi) is 3.62. The monoisotopic (exact) mass is 210 g/mol. The summed E-state index contributed by atoms with van der Waals surface area (Å²) < 4.78 is 0. The Hall–Kier alpha value is -0.570. The number of carbonyl (C=O) groups excluding carboxylic acids is 1. The fourth-order valence-electron chi connectivity index (χ4n) is 2.81. The predicted octanol–water partition coefficient (Wildman–Crippen LogP) is 1.39. The summed E-state index contributed by atoms with van der Waals surface area (Å²) in [5.74, 6) is 1.01.